The van der Waals surface area contributed by atoms with Gasteiger partial charge in [-0.1, -0.05) is 13.8 Å². The van der Waals surface area contributed by atoms with Crippen LogP contribution in [0.5, 0.6) is 5.75 Å². The molecule has 0 saturated carbocycles. The number of fused-ring (bicyclic) bond motifs is 1. The number of rotatable bonds is 2. The van der Waals surface area contributed by atoms with E-state index in [4.69, 9.17) is 10.5 Å². The second-order valence-electron chi connectivity index (χ2n) is 5.95. The van der Waals surface area contributed by atoms with Crippen LogP contribution in [0.15, 0.2) is 36.4 Å². The fraction of sp³-hybridized carbons (Fsp3) is 0.235. The van der Waals surface area contributed by atoms with Crippen molar-refractivity contribution in [2.24, 2.45) is 0 Å². The number of nitrogen functional groups attached to an aromatic ring is 1. The van der Waals surface area contributed by atoms with Crippen molar-refractivity contribution in [1.29, 1.82) is 0 Å². The van der Waals surface area contributed by atoms with E-state index in [-0.39, 0.29) is 16.9 Å². The first-order valence-corrected chi connectivity index (χ1v) is 6.75. The Kier molecular flexibility index (Phi) is 2.97. The molecule has 1 aliphatic rings. The zero-order chi connectivity index (χ0) is 15.2. The number of benzene rings is 2. The third-order valence-electron chi connectivity index (χ3n) is 3.82. The summed E-state index contributed by atoms with van der Waals surface area (Å²) in [6.45, 7) is 4.72. The predicted molar refractivity (Wildman–Crippen MR) is 79.2 cm³/mol. The van der Waals surface area contributed by atoms with Crippen LogP contribution in [0.3, 0.4) is 0 Å². The Bertz CT molecular complexity index is 738. The first-order valence-electron chi connectivity index (χ1n) is 6.75. The van der Waals surface area contributed by atoms with E-state index in [0.717, 1.165) is 11.3 Å². The molecule has 0 unspecified atom stereocenters. The number of carbonyl (C=O) groups is 1. The quantitative estimate of drug-likeness (QED) is 0.680. The summed E-state index contributed by atoms with van der Waals surface area (Å²) in [6, 6.07) is 9.45. The molecule has 0 bridgehead atoms. The van der Waals surface area contributed by atoms with Crippen LogP contribution in [-0.4, -0.2) is 12.4 Å². The molecule has 1 heterocycles. The Morgan fingerprint density at radius 3 is 2.57 bits per heavy atom. The minimum atomic E-state index is -0.578. The van der Waals surface area contributed by atoms with Gasteiger partial charge in [0.15, 0.2) is 5.78 Å². The molecule has 0 fully saturated rings. The highest BCUT2D eigenvalue weighted by molar-refractivity contribution is 6.09. The van der Waals surface area contributed by atoms with Crippen molar-refractivity contribution in [1.82, 2.24) is 0 Å². The van der Waals surface area contributed by atoms with Crippen LogP contribution in [0.1, 0.15) is 35.3 Å². The van der Waals surface area contributed by atoms with Gasteiger partial charge in [-0.15, -0.1) is 0 Å². The average Bonchev–Trinajstić information content (AvgIpc) is 2.76. The Morgan fingerprint density at radius 2 is 1.86 bits per heavy atom. The zero-order valence-electron chi connectivity index (χ0n) is 11.9. The van der Waals surface area contributed by atoms with Gasteiger partial charge in [0, 0.05) is 22.1 Å². The van der Waals surface area contributed by atoms with Crippen molar-refractivity contribution in [2.45, 2.75) is 19.3 Å². The fourth-order valence-corrected chi connectivity index (χ4v) is 2.50. The van der Waals surface area contributed by atoms with E-state index in [2.05, 4.69) is 13.8 Å². The normalized spacial score (nSPS) is 15.4. The molecular formula is C17H16FNO2. The van der Waals surface area contributed by atoms with Gasteiger partial charge in [0.05, 0.1) is 12.3 Å². The van der Waals surface area contributed by atoms with Crippen LogP contribution in [0.2, 0.25) is 0 Å². The van der Waals surface area contributed by atoms with Gasteiger partial charge in [-0.25, -0.2) is 4.39 Å². The number of ketones is 1. The molecule has 108 valence electrons. The van der Waals surface area contributed by atoms with Gasteiger partial charge in [-0.3, -0.25) is 4.79 Å². The van der Waals surface area contributed by atoms with Crippen LogP contribution in [0.25, 0.3) is 0 Å². The molecule has 0 aromatic heterocycles. The molecular weight excluding hydrogens is 269 g/mol. The van der Waals surface area contributed by atoms with E-state index in [9.17, 15) is 9.18 Å². The Hall–Kier alpha value is -2.36. The van der Waals surface area contributed by atoms with Crippen LogP contribution in [0.4, 0.5) is 10.1 Å². The zero-order valence-corrected chi connectivity index (χ0v) is 11.9. The fourth-order valence-electron chi connectivity index (χ4n) is 2.50. The molecule has 0 amide bonds. The first-order chi connectivity index (χ1) is 9.88. The second kappa shape index (κ2) is 4.58. The minimum Gasteiger partial charge on any atom is -0.492 e. The topological polar surface area (TPSA) is 52.3 Å². The summed E-state index contributed by atoms with van der Waals surface area (Å²) in [5, 5.41) is 0. The van der Waals surface area contributed by atoms with Crippen molar-refractivity contribution in [3.63, 3.8) is 0 Å². The number of hydrogen-bond acceptors (Lipinski definition) is 3. The van der Waals surface area contributed by atoms with Crippen molar-refractivity contribution in [3.05, 3.63) is 58.9 Å². The summed E-state index contributed by atoms with van der Waals surface area (Å²) >= 11 is 0. The van der Waals surface area contributed by atoms with E-state index in [1.807, 2.05) is 6.07 Å². The monoisotopic (exact) mass is 285 g/mol. The summed E-state index contributed by atoms with van der Waals surface area (Å²) in [5.74, 6) is 0.00473. The van der Waals surface area contributed by atoms with Gasteiger partial charge in [-0.2, -0.15) is 0 Å². The molecule has 0 spiro atoms. The van der Waals surface area contributed by atoms with Gasteiger partial charge in [0.2, 0.25) is 0 Å². The molecule has 1 aliphatic heterocycles. The molecule has 0 aliphatic carbocycles. The summed E-state index contributed by atoms with van der Waals surface area (Å²) in [4.78, 5) is 12.5. The summed E-state index contributed by atoms with van der Waals surface area (Å²) in [5.41, 5.74) is 7.16. The maximum absolute atomic E-state index is 13.5. The number of hydrogen-bond donors (Lipinski definition) is 1. The molecule has 3 nitrogen and oxygen atoms in total. The van der Waals surface area contributed by atoms with Gasteiger partial charge in [0.25, 0.3) is 0 Å². The summed E-state index contributed by atoms with van der Waals surface area (Å²) < 4.78 is 19.1. The number of nitrogens with two attached hydrogens (primary N) is 1. The van der Waals surface area contributed by atoms with Gasteiger partial charge >= 0.3 is 0 Å². The maximum Gasteiger partial charge on any atom is 0.193 e. The van der Waals surface area contributed by atoms with Gasteiger partial charge in [-0.05, 0) is 36.4 Å². The van der Waals surface area contributed by atoms with Crippen molar-refractivity contribution < 1.29 is 13.9 Å². The molecule has 4 heteroatoms. The third-order valence-corrected chi connectivity index (χ3v) is 3.82. The van der Waals surface area contributed by atoms with E-state index >= 15 is 0 Å². The van der Waals surface area contributed by atoms with E-state index in [1.54, 1.807) is 12.1 Å². The van der Waals surface area contributed by atoms with E-state index in [0.29, 0.717) is 17.7 Å². The smallest absolute Gasteiger partial charge is 0.193 e. The molecule has 3 rings (SSSR count). The highest BCUT2D eigenvalue weighted by atomic mass is 19.1. The van der Waals surface area contributed by atoms with Crippen molar-refractivity contribution >= 4 is 11.5 Å². The highest BCUT2D eigenvalue weighted by Crippen LogP contribution is 2.39. The lowest BCUT2D eigenvalue weighted by molar-refractivity contribution is 0.103. The van der Waals surface area contributed by atoms with Crippen molar-refractivity contribution in [2.75, 3.05) is 12.3 Å². The Labute approximate surface area is 122 Å². The van der Waals surface area contributed by atoms with E-state index < -0.39 is 5.82 Å². The van der Waals surface area contributed by atoms with Crippen LogP contribution in [0, 0.1) is 5.82 Å². The van der Waals surface area contributed by atoms with Crippen LogP contribution < -0.4 is 10.5 Å². The SMILES string of the molecule is CC1(C)COc2ccc(C(=O)c3ccc(N)c(F)c3)cc21. The molecule has 0 radical (unpaired) electrons. The van der Waals surface area contributed by atoms with Crippen molar-refractivity contribution in [3.8, 4) is 5.75 Å². The largest absolute Gasteiger partial charge is 0.492 e. The number of ether oxygens (including phenoxy) is 1. The Balaban J connectivity index is 2.01. The highest BCUT2D eigenvalue weighted by Gasteiger charge is 2.32. The molecule has 21 heavy (non-hydrogen) atoms. The standard InChI is InChI=1S/C17H16FNO2/c1-17(2)9-21-15-6-4-10(7-12(15)17)16(20)11-3-5-14(19)13(18)8-11/h3-8H,9,19H2,1-2H3. The lowest BCUT2D eigenvalue weighted by Crippen LogP contribution is -2.18. The third kappa shape index (κ3) is 2.27. The second-order valence-corrected chi connectivity index (χ2v) is 5.95. The average molecular weight is 285 g/mol. The number of anilines is 1. The minimum absolute atomic E-state index is 0.0371. The maximum atomic E-state index is 13.5. The van der Waals surface area contributed by atoms with Gasteiger partial charge < -0.3 is 10.5 Å². The van der Waals surface area contributed by atoms with E-state index in [1.165, 1.54) is 18.2 Å². The Morgan fingerprint density at radius 1 is 1.19 bits per heavy atom. The van der Waals surface area contributed by atoms with Gasteiger partial charge in [0.1, 0.15) is 11.6 Å². The first kappa shape index (κ1) is 13.6. The number of carbonyl (C=O) groups excluding carboxylic acids is 1. The lowest BCUT2D eigenvalue weighted by atomic mass is 9.85. The van der Waals surface area contributed by atoms with Crippen LogP contribution in [-0.2, 0) is 5.41 Å². The molecule has 0 saturated heterocycles. The number of halogens is 1. The molecule has 2 aromatic carbocycles. The molecule has 0 atom stereocenters. The molecule has 2 N–H and O–H groups in total. The lowest BCUT2D eigenvalue weighted by Gasteiger charge is -2.15. The predicted octanol–water partition coefficient (Wildman–Crippen LogP) is 3.31. The molecule has 2 aromatic rings. The summed E-state index contributed by atoms with van der Waals surface area (Å²) in [7, 11) is 0. The summed E-state index contributed by atoms with van der Waals surface area (Å²) in [6.07, 6.45) is 0. The van der Waals surface area contributed by atoms with Crippen LogP contribution >= 0.6 is 0 Å².